The van der Waals surface area contributed by atoms with Gasteiger partial charge in [-0.05, 0) is 56.3 Å². The first-order valence-electron chi connectivity index (χ1n) is 11.8. The van der Waals surface area contributed by atoms with Gasteiger partial charge in [-0.3, -0.25) is 4.79 Å². The number of aromatic nitrogens is 3. The summed E-state index contributed by atoms with van der Waals surface area (Å²) >= 11 is 0. The molecular weight excluding hydrogens is 376 g/mol. The molecule has 5 aliphatic rings. The van der Waals surface area contributed by atoms with Crippen LogP contribution in [-0.4, -0.2) is 66.0 Å². The number of anilines is 2. The van der Waals surface area contributed by atoms with Crippen LogP contribution in [0.1, 0.15) is 64.1 Å². The van der Waals surface area contributed by atoms with E-state index in [2.05, 4.69) is 33.6 Å². The predicted octanol–water partition coefficient (Wildman–Crippen LogP) is 2.93. The number of piperazine rings is 1. The summed E-state index contributed by atoms with van der Waals surface area (Å²) in [6.45, 7) is 7.38. The van der Waals surface area contributed by atoms with Gasteiger partial charge >= 0.3 is 0 Å². The lowest BCUT2D eigenvalue weighted by molar-refractivity contribution is -0.158. The molecule has 1 amide bonds. The van der Waals surface area contributed by atoms with Gasteiger partial charge in [0.2, 0.25) is 17.8 Å². The first-order valence-corrected chi connectivity index (χ1v) is 11.8. The smallest absolute Gasteiger partial charge is 0.230 e. The maximum atomic E-state index is 13.6. The van der Waals surface area contributed by atoms with Gasteiger partial charge in [-0.25, -0.2) is 0 Å². The van der Waals surface area contributed by atoms with Gasteiger partial charge in [0.05, 0.1) is 5.41 Å². The molecule has 2 heterocycles. The van der Waals surface area contributed by atoms with Gasteiger partial charge in [-0.1, -0.05) is 13.8 Å². The van der Waals surface area contributed by atoms with Gasteiger partial charge in [0, 0.05) is 46.2 Å². The summed E-state index contributed by atoms with van der Waals surface area (Å²) in [7, 11) is 3.93. The van der Waals surface area contributed by atoms with E-state index >= 15 is 0 Å². The second-order valence-electron chi connectivity index (χ2n) is 10.8. The Kier molecular flexibility index (Phi) is 4.90. The average Bonchev–Trinajstić information content (AvgIpc) is 2.72. The molecule has 1 aliphatic heterocycles. The molecule has 0 unspecified atom stereocenters. The lowest BCUT2D eigenvalue weighted by Gasteiger charge is -2.57. The topological polar surface area (TPSA) is 65.5 Å². The van der Waals surface area contributed by atoms with Crippen molar-refractivity contribution >= 4 is 17.8 Å². The lowest BCUT2D eigenvalue weighted by atomic mass is 9.49. The average molecular weight is 413 g/mol. The van der Waals surface area contributed by atoms with Crippen molar-refractivity contribution in [1.82, 2.24) is 19.9 Å². The Balaban J connectivity index is 1.28. The molecule has 0 radical (unpaired) electrons. The monoisotopic (exact) mass is 412 g/mol. The van der Waals surface area contributed by atoms with Crippen LogP contribution in [0.4, 0.5) is 11.9 Å². The maximum Gasteiger partial charge on any atom is 0.230 e. The summed E-state index contributed by atoms with van der Waals surface area (Å²) in [5.41, 5.74) is -0.0347. The van der Waals surface area contributed by atoms with Crippen molar-refractivity contribution in [3.63, 3.8) is 0 Å². The quantitative estimate of drug-likeness (QED) is 0.758. The highest BCUT2D eigenvalue weighted by Gasteiger charge is 2.55. The molecule has 30 heavy (non-hydrogen) atoms. The molecule has 0 aromatic carbocycles. The zero-order valence-corrected chi connectivity index (χ0v) is 19.0. The second kappa shape index (κ2) is 7.34. The molecule has 1 aromatic rings. The molecule has 4 bridgehead atoms. The van der Waals surface area contributed by atoms with E-state index in [1.165, 1.54) is 19.3 Å². The standard InChI is InChI=1S/C23H36N6O/c1-15(2)19-24-21(27(3)4)26-22(25-19)29-7-5-28(6-8-29)20(30)23-12-16-9-17(13-23)11-18(10-16)14-23/h15-18H,5-14H2,1-4H3. The van der Waals surface area contributed by atoms with Gasteiger partial charge in [0.25, 0.3) is 0 Å². The first-order chi connectivity index (χ1) is 14.3. The minimum absolute atomic E-state index is 0.0347. The SMILES string of the molecule is CC(C)c1nc(N(C)C)nc(N2CCN(C(=O)C34CC5CC(CC(C5)C3)C4)CC2)n1. The van der Waals surface area contributed by atoms with Crippen LogP contribution in [0.25, 0.3) is 0 Å². The van der Waals surface area contributed by atoms with Crippen molar-refractivity contribution in [2.75, 3.05) is 50.1 Å². The maximum absolute atomic E-state index is 13.6. The molecule has 0 atom stereocenters. The van der Waals surface area contributed by atoms with Crippen molar-refractivity contribution in [2.24, 2.45) is 23.2 Å². The Hall–Kier alpha value is -1.92. The van der Waals surface area contributed by atoms with Crippen LogP contribution in [0.5, 0.6) is 0 Å². The van der Waals surface area contributed by atoms with Crippen LogP contribution in [0, 0.1) is 23.2 Å². The van der Waals surface area contributed by atoms with E-state index in [9.17, 15) is 4.79 Å². The van der Waals surface area contributed by atoms with E-state index in [4.69, 9.17) is 4.98 Å². The second-order valence-corrected chi connectivity index (χ2v) is 10.8. The Labute approximate surface area is 180 Å². The lowest BCUT2D eigenvalue weighted by Crippen LogP contribution is -2.58. The van der Waals surface area contributed by atoms with Crippen molar-refractivity contribution in [2.45, 2.75) is 58.3 Å². The summed E-state index contributed by atoms with van der Waals surface area (Å²) in [5.74, 6) is 5.42. The number of rotatable bonds is 4. The minimum atomic E-state index is -0.0347. The van der Waals surface area contributed by atoms with E-state index in [1.807, 2.05) is 19.0 Å². The van der Waals surface area contributed by atoms with Crippen molar-refractivity contribution in [3.8, 4) is 0 Å². The third-order valence-corrected chi connectivity index (χ3v) is 7.89. The highest BCUT2D eigenvalue weighted by atomic mass is 16.2. The fraction of sp³-hybridized carbons (Fsp3) is 0.826. The van der Waals surface area contributed by atoms with Gasteiger partial charge < -0.3 is 14.7 Å². The number of nitrogens with zero attached hydrogens (tertiary/aromatic N) is 6. The third kappa shape index (κ3) is 3.44. The molecule has 0 spiro atoms. The largest absolute Gasteiger partial charge is 0.347 e. The number of amides is 1. The van der Waals surface area contributed by atoms with E-state index in [-0.39, 0.29) is 11.3 Å². The predicted molar refractivity (Wildman–Crippen MR) is 118 cm³/mol. The van der Waals surface area contributed by atoms with Crippen molar-refractivity contribution in [3.05, 3.63) is 5.82 Å². The Morgan fingerprint density at radius 1 is 0.933 bits per heavy atom. The molecule has 1 saturated heterocycles. The van der Waals surface area contributed by atoms with E-state index in [1.54, 1.807) is 0 Å². The molecule has 164 valence electrons. The molecule has 7 heteroatoms. The number of hydrogen-bond donors (Lipinski definition) is 0. The molecule has 4 saturated carbocycles. The Morgan fingerprint density at radius 2 is 1.50 bits per heavy atom. The normalized spacial score (nSPS) is 32.8. The molecule has 6 rings (SSSR count). The van der Waals surface area contributed by atoms with Crippen LogP contribution >= 0.6 is 0 Å². The summed E-state index contributed by atoms with van der Waals surface area (Å²) in [5, 5.41) is 0. The highest BCUT2D eigenvalue weighted by Crippen LogP contribution is 2.60. The zero-order valence-electron chi connectivity index (χ0n) is 19.0. The summed E-state index contributed by atoms with van der Waals surface area (Å²) in [6.07, 6.45) is 7.59. The van der Waals surface area contributed by atoms with E-state index in [0.717, 1.165) is 75.0 Å². The molecule has 5 fully saturated rings. The van der Waals surface area contributed by atoms with Gasteiger partial charge in [-0.2, -0.15) is 15.0 Å². The van der Waals surface area contributed by atoms with E-state index in [0.29, 0.717) is 11.9 Å². The van der Waals surface area contributed by atoms with Gasteiger partial charge in [0.15, 0.2) is 0 Å². The molecular formula is C23H36N6O. The fourth-order valence-corrected chi connectivity index (χ4v) is 6.79. The van der Waals surface area contributed by atoms with Crippen molar-refractivity contribution < 1.29 is 4.79 Å². The number of carbonyl (C=O) groups is 1. The summed E-state index contributed by atoms with van der Waals surface area (Å²) in [4.78, 5) is 34.0. The molecule has 4 aliphatic carbocycles. The third-order valence-electron chi connectivity index (χ3n) is 7.89. The van der Waals surface area contributed by atoms with E-state index < -0.39 is 0 Å². The summed E-state index contributed by atoms with van der Waals surface area (Å²) in [6, 6.07) is 0. The fourth-order valence-electron chi connectivity index (χ4n) is 6.79. The van der Waals surface area contributed by atoms with Gasteiger partial charge in [0.1, 0.15) is 5.82 Å². The van der Waals surface area contributed by atoms with Crippen LogP contribution in [0.15, 0.2) is 0 Å². The van der Waals surface area contributed by atoms with Crippen LogP contribution in [-0.2, 0) is 4.79 Å². The van der Waals surface area contributed by atoms with Crippen LogP contribution in [0.2, 0.25) is 0 Å². The molecule has 1 aromatic heterocycles. The number of carbonyl (C=O) groups excluding carboxylic acids is 1. The highest BCUT2D eigenvalue weighted by molar-refractivity contribution is 5.83. The summed E-state index contributed by atoms with van der Waals surface area (Å²) < 4.78 is 0. The van der Waals surface area contributed by atoms with Crippen LogP contribution < -0.4 is 9.80 Å². The Morgan fingerprint density at radius 3 is 2.00 bits per heavy atom. The molecule has 7 nitrogen and oxygen atoms in total. The van der Waals surface area contributed by atoms with Crippen molar-refractivity contribution in [1.29, 1.82) is 0 Å². The minimum Gasteiger partial charge on any atom is -0.347 e. The molecule has 0 N–H and O–H groups in total. The van der Waals surface area contributed by atoms with Crippen LogP contribution in [0.3, 0.4) is 0 Å². The Bertz CT molecular complexity index is 752. The first kappa shape index (κ1) is 20.0. The zero-order chi connectivity index (χ0) is 21.0. The number of hydrogen-bond acceptors (Lipinski definition) is 6. The van der Waals surface area contributed by atoms with Gasteiger partial charge in [-0.15, -0.1) is 0 Å².